The molecule has 0 aliphatic heterocycles. The first-order valence-corrected chi connectivity index (χ1v) is 14.5. The SMILES string of the molecule is CCCCCCCC1CCC(C#CC=CC#CC2CCC(CCCCCCC)CC2)CC1. The Balaban J connectivity index is 1.52. The summed E-state index contributed by atoms with van der Waals surface area (Å²) in [4.78, 5) is 0. The van der Waals surface area contributed by atoms with Crippen LogP contribution in [0.15, 0.2) is 12.2 Å². The third-order valence-corrected chi connectivity index (χ3v) is 7.95. The third-order valence-electron chi connectivity index (χ3n) is 7.95. The van der Waals surface area contributed by atoms with Crippen LogP contribution in [0.25, 0.3) is 0 Å². The van der Waals surface area contributed by atoms with Gasteiger partial charge in [0.1, 0.15) is 0 Å². The molecule has 0 bridgehead atoms. The van der Waals surface area contributed by atoms with E-state index in [1.165, 1.54) is 128 Å². The predicted molar refractivity (Wildman–Crippen MR) is 142 cm³/mol. The lowest BCUT2D eigenvalue weighted by Crippen LogP contribution is -2.13. The summed E-state index contributed by atoms with van der Waals surface area (Å²) in [6.07, 6.45) is 32.0. The van der Waals surface area contributed by atoms with Gasteiger partial charge < -0.3 is 0 Å². The van der Waals surface area contributed by atoms with Crippen LogP contribution < -0.4 is 0 Å². The summed E-state index contributed by atoms with van der Waals surface area (Å²) in [7, 11) is 0. The van der Waals surface area contributed by atoms with Crippen LogP contribution in [-0.4, -0.2) is 0 Å². The van der Waals surface area contributed by atoms with Gasteiger partial charge in [-0.2, -0.15) is 0 Å². The highest BCUT2D eigenvalue weighted by Crippen LogP contribution is 2.32. The quantitative estimate of drug-likeness (QED) is 0.211. The van der Waals surface area contributed by atoms with Crippen molar-refractivity contribution in [1.29, 1.82) is 0 Å². The van der Waals surface area contributed by atoms with Crippen LogP contribution in [0, 0.1) is 47.4 Å². The highest BCUT2D eigenvalue weighted by atomic mass is 14.2. The highest BCUT2D eigenvalue weighted by molar-refractivity contribution is 5.26. The van der Waals surface area contributed by atoms with Crippen molar-refractivity contribution in [2.45, 2.75) is 142 Å². The largest absolute Gasteiger partial charge is 0.0951 e. The topological polar surface area (TPSA) is 0 Å². The van der Waals surface area contributed by atoms with E-state index >= 15 is 0 Å². The zero-order chi connectivity index (χ0) is 22.7. The number of unbranched alkanes of at least 4 members (excludes halogenated alkanes) is 8. The monoisotopic (exact) mass is 436 g/mol. The molecule has 0 N–H and O–H groups in total. The maximum Gasteiger partial charge on any atom is 0.0206 e. The fourth-order valence-corrected chi connectivity index (χ4v) is 5.68. The normalized spacial score (nSPS) is 25.7. The Morgan fingerprint density at radius 2 is 0.875 bits per heavy atom. The molecule has 0 aromatic carbocycles. The minimum Gasteiger partial charge on any atom is -0.0951 e. The zero-order valence-electron chi connectivity index (χ0n) is 21.6. The second kappa shape index (κ2) is 18.3. The van der Waals surface area contributed by atoms with Crippen LogP contribution in [0.1, 0.15) is 142 Å². The van der Waals surface area contributed by atoms with Gasteiger partial charge in [0.25, 0.3) is 0 Å². The van der Waals surface area contributed by atoms with Crippen LogP contribution in [0.3, 0.4) is 0 Å². The van der Waals surface area contributed by atoms with Crippen molar-refractivity contribution in [2.75, 3.05) is 0 Å². The third kappa shape index (κ3) is 12.8. The molecule has 0 nitrogen and oxygen atoms in total. The van der Waals surface area contributed by atoms with E-state index in [4.69, 9.17) is 0 Å². The molecule has 180 valence electrons. The van der Waals surface area contributed by atoms with Gasteiger partial charge >= 0.3 is 0 Å². The van der Waals surface area contributed by atoms with Crippen molar-refractivity contribution in [3.63, 3.8) is 0 Å². The molecule has 2 rings (SSSR count). The molecular formula is C32H52. The van der Waals surface area contributed by atoms with Gasteiger partial charge in [0.2, 0.25) is 0 Å². The summed E-state index contributed by atoms with van der Waals surface area (Å²) >= 11 is 0. The molecular weight excluding hydrogens is 384 g/mol. The second-order valence-corrected chi connectivity index (χ2v) is 10.8. The van der Waals surface area contributed by atoms with Crippen molar-refractivity contribution in [1.82, 2.24) is 0 Å². The lowest BCUT2D eigenvalue weighted by molar-refractivity contribution is 0.294. The minimum absolute atomic E-state index is 0.626. The Bertz CT molecular complexity index is 533. The first-order valence-electron chi connectivity index (χ1n) is 14.5. The number of hydrogen-bond acceptors (Lipinski definition) is 0. The van der Waals surface area contributed by atoms with Crippen LogP contribution in [0.2, 0.25) is 0 Å². The average Bonchev–Trinajstić information content (AvgIpc) is 2.83. The molecule has 0 atom stereocenters. The molecule has 2 fully saturated rings. The van der Waals surface area contributed by atoms with Crippen molar-refractivity contribution in [3.8, 4) is 23.7 Å². The van der Waals surface area contributed by atoms with Gasteiger partial charge in [-0.25, -0.2) is 0 Å². The Morgan fingerprint density at radius 1 is 0.500 bits per heavy atom. The fourth-order valence-electron chi connectivity index (χ4n) is 5.68. The van der Waals surface area contributed by atoms with E-state index in [1.807, 2.05) is 12.2 Å². The molecule has 2 aliphatic rings. The molecule has 0 amide bonds. The summed E-state index contributed by atoms with van der Waals surface area (Å²) in [6, 6.07) is 0. The van der Waals surface area contributed by atoms with Crippen molar-refractivity contribution >= 4 is 0 Å². The molecule has 2 aliphatic carbocycles. The summed E-state index contributed by atoms with van der Waals surface area (Å²) < 4.78 is 0. The second-order valence-electron chi connectivity index (χ2n) is 10.8. The van der Waals surface area contributed by atoms with Crippen LogP contribution >= 0.6 is 0 Å². The Morgan fingerprint density at radius 3 is 1.25 bits per heavy atom. The first kappa shape index (κ1) is 27.1. The molecule has 0 aromatic heterocycles. The maximum absolute atomic E-state index is 3.50. The molecule has 32 heavy (non-hydrogen) atoms. The number of hydrogen-bond donors (Lipinski definition) is 0. The average molecular weight is 437 g/mol. The van der Waals surface area contributed by atoms with Gasteiger partial charge in [-0.1, -0.05) is 115 Å². The van der Waals surface area contributed by atoms with E-state index in [0.717, 1.165) is 11.8 Å². The molecule has 0 spiro atoms. The predicted octanol–water partition coefficient (Wildman–Crippen LogP) is 9.88. The number of rotatable bonds is 12. The van der Waals surface area contributed by atoms with E-state index in [9.17, 15) is 0 Å². The fraction of sp³-hybridized carbons (Fsp3) is 0.812. The van der Waals surface area contributed by atoms with E-state index in [2.05, 4.69) is 37.5 Å². The highest BCUT2D eigenvalue weighted by Gasteiger charge is 2.20. The van der Waals surface area contributed by atoms with Gasteiger partial charge in [-0.3, -0.25) is 0 Å². The summed E-state index contributed by atoms with van der Waals surface area (Å²) in [6.45, 7) is 4.60. The Hall–Kier alpha value is -1.14. The van der Waals surface area contributed by atoms with E-state index < -0.39 is 0 Å². The molecule has 0 heteroatoms. The Labute approximate surface area is 201 Å². The van der Waals surface area contributed by atoms with Crippen molar-refractivity contribution < 1.29 is 0 Å². The first-order chi connectivity index (χ1) is 15.8. The van der Waals surface area contributed by atoms with E-state index in [-0.39, 0.29) is 0 Å². The van der Waals surface area contributed by atoms with Gasteiger partial charge in [-0.05, 0) is 75.4 Å². The van der Waals surface area contributed by atoms with Gasteiger partial charge in [0, 0.05) is 11.8 Å². The molecule has 0 aromatic rings. The minimum atomic E-state index is 0.626. The molecule has 0 saturated heterocycles. The molecule has 0 unspecified atom stereocenters. The molecule has 0 heterocycles. The van der Waals surface area contributed by atoms with Crippen molar-refractivity contribution in [3.05, 3.63) is 12.2 Å². The lowest BCUT2D eigenvalue weighted by Gasteiger charge is -2.25. The summed E-state index contributed by atoms with van der Waals surface area (Å²) in [5.41, 5.74) is 0. The molecule has 0 radical (unpaired) electrons. The van der Waals surface area contributed by atoms with Crippen molar-refractivity contribution in [2.24, 2.45) is 23.7 Å². The zero-order valence-corrected chi connectivity index (χ0v) is 21.6. The smallest absolute Gasteiger partial charge is 0.0206 e. The van der Waals surface area contributed by atoms with Gasteiger partial charge in [0.05, 0.1) is 0 Å². The summed E-state index contributed by atoms with van der Waals surface area (Å²) in [5, 5.41) is 0. The standard InChI is InChI=1S/C32H52/c1-3-5-7-9-13-17-29-21-25-31(26-22-29)19-15-11-12-16-20-32-27-23-30(24-28-32)18-14-10-8-6-4-2/h11-12,29-32H,3-10,13-14,17-18,21-28H2,1-2H3. The molecule has 2 saturated carbocycles. The van der Waals surface area contributed by atoms with Gasteiger partial charge in [0.15, 0.2) is 0 Å². The number of allylic oxidation sites excluding steroid dienone is 2. The van der Waals surface area contributed by atoms with Crippen LogP contribution in [0.4, 0.5) is 0 Å². The van der Waals surface area contributed by atoms with Crippen LogP contribution in [0.5, 0.6) is 0 Å². The van der Waals surface area contributed by atoms with Crippen LogP contribution in [-0.2, 0) is 0 Å². The summed E-state index contributed by atoms with van der Waals surface area (Å²) in [5.74, 6) is 16.8. The lowest BCUT2D eigenvalue weighted by atomic mass is 9.80. The van der Waals surface area contributed by atoms with E-state index in [1.54, 1.807) is 0 Å². The van der Waals surface area contributed by atoms with E-state index in [0.29, 0.717) is 11.8 Å². The Kier molecular flexibility index (Phi) is 15.5. The maximum atomic E-state index is 3.50. The van der Waals surface area contributed by atoms with Gasteiger partial charge in [-0.15, -0.1) is 0 Å².